The summed E-state index contributed by atoms with van der Waals surface area (Å²) in [5.41, 5.74) is 7.11. The lowest BCUT2D eigenvalue weighted by atomic mass is 10.0. The van der Waals surface area contributed by atoms with Gasteiger partial charge >= 0.3 is 0 Å². The quantitative estimate of drug-likeness (QED) is 0.334. The Hall–Kier alpha value is -4.39. The Labute approximate surface area is 191 Å². The van der Waals surface area contributed by atoms with E-state index < -0.39 is 0 Å². The summed E-state index contributed by atoms with van der Waals surface area (Å²) in [6.45, 7) is 2.01. The molecule has 0 aliphatic carbocycles. The molecule has 33 heavy (non-hydrogen) atoms. The number of hydrogen-bond acceptors (Lipinski definition) is 6. The van der Waals surface area contributed by atoms with Gasteiger partial charge in [0, 0.05) is 16.5 Å². The first kappa shape index (κ1) is 21.8. The molecule has 0 spiro atoms. The van der Waals surface area contributed by atoms with E-state index in [1.165, 1.54) is 20.4 Å². The van der Waals surface area contributed by atoms with Gasteiger partial charge in [-0.3, -0.25) is 4.79 Å². The van der Waals surface area contributed by atoms with Crippen molar-refractivity contribution in [2.24, 2.45) is 5.10 Å². The zero-order valence-corrected chi connectivity index (χ0v) is 18.5. The van der Waals surface area contributed by atoms with Gasteiger partial charge < -0.3 is 14.6 Å². The van der Waals surface area contributed by atoms with Crippen molar-refractivity contribution in [1.29, 1.82) is 0 Å². The monoisotopic (exact) mass is 441 g/mol. The summed E-state index contributed by atoms with van der Waals surface area (Å²) >= 11 is 0. The number of phenols is 1. The van der Waals surface area contributed by atoms with Crippen molar-refractivity contribution in [2.45, 2.75) is 6.92 Å². The van der Waals surface area contributed by atoms with Gasteiger partial charge in [0.15, 0.2) is 11.5 Å². The smallest absolute Gasteiger partial charge is 0.272 e. The first-order valence-corrected chi connectivity index (χ1v) is 10.3. The third-order valence-corrected chi connectivity index (χ3v) is 5.26. The Bertz CT molecular complexity index is 1340. The number of pyridine rings is 1. The normalized spacial score (nSPS) is 11.0. The van der Waals surface area contributed by atoms with E-state index in [1.54, 1.807) is 18.2 Å². The highest BCUT2D eigenvalue weighted by Gasteiger charge is 2.15. The average molecular weight is 441 g/mol. The van der Waals surface area contributed by atoms with Crippen molar-refractivity contribution in [2.75, 3.05) is 14.2 Å². The summed E-state index contributed by atoms with van der Waals surface area (Å²) in [6, 6.07) is 20.4. The maximum Gasteiger partial charge on any atom is 0.272 e. The molecule has 2 N–H and O–H groups in total. The van der Waals surface area contributed by atoms with Gasteiger partial charge in [0.05, 0.1) is 37.2 Å². The van der Waals surface area contributed by atoms with Gasteiger partial charge in [-0.25, -0.2) is 10.4 Å². The number of aryl methyl sites for hydroxylation is 1. The number of amides is 1. The molecule has 1 aromatic heterocycles. The molecular weight excluding hydrogens is 418 g/mol. The third kappa shape index (κ3) is 4.48. The number of ether oxygens (including phenoxy) is 2. The average Bonchev–Trinajstić information content (AvgIpc) is 2.84. The topological polar surface area (TPSA) is 93.0 Å². The van der Waals surface area contributed by atoms with Crippen LogP contribution in [0.3, 0.4) is 0 Å². The number of para-hydroxylation sites is 1. The lowest BCUT2D eigenvalue weighted by molar-refractivity contribution is 0.0956. The fourth-order valence-corrected chi connectivity index (χ4v) is 3.58. The van der Waals surface area contributed by atoms with Gasteiger partial charge in [-0.05, 0) is 36.8 Å². The lowest BCUT2D eigenvalue weighted by Gasteiger charge is -2.11. The molecule has 0 radical (unpaired) electrons. The van der Waals surface area contributed by atoms with Crippen molar-refractivity contribution in [3.05, 3.63) is 83.4 Å². The molecule has 0 aliphatic heterocycles. The highest BCUT2D eigenvalue weighted by Crippen LogP contribution is 2.36. The number of carbonyl (C=O) groups excluding carboxylic acids is 1. The van der Waals surface area contributed by atoms with Crippen LogP contribution >= 0.6 is 0 Å². The number of hydrazone groups is 1. The molecular formula is C26H23N3O4. The minimum Gasteiger partial charge on any atom is -0.502 e. The second-order valence-electron chi connectivity index (χ2n) is 7.36. The number of phenolic OH excluding ortho intramolecular Hbond substituents is 1. The van der Waals surface area contributed by atoms with E-state index in [2.05, 4.69) is 10.5 Å². The van der Waals surface area contributed by atoms with Crippen LogP contribution in [0.1, 0.15) is 21.5 Å². The zero-order chi connectivity index (χ0) is 23.4. The van der Waals surface area contributed by atoms with Crippen LogP contribution in [0, 0.1) is 6.92 Å². The van der Waals surface area contributed by atoms with Crippen molar-refractivity contribution < 1.29 is 19.4 Å². The summed E-state index contributed by atoms with van der Waals surface area (Å²) in [4.78, 5) is 17.8. The number of fused-ring (bicyclic) bond motifs is 1. The third-order valence-electron chi connectivity index (χ3n) is 5.26. The number of rotatable bonds is 6. The van der Waals surface area contributed by atoms with Gasteiger partial charge in [-0.2, -0.15) is 5.10 Å². The minimum atomic E-state index is -0.364. The Morgan fingerprint density at radius 1 is 1.00 bits per heavy atom. The summed E-state index contributed by atoms with van der Waals surface area (Å²) in [5.74, 6) is 0.0147. The van der Waals surface area contributed by atoms with Crippen LogP contribution in [-0.4, -0.2) is 36.4 Å². The number of aromatic nitrogens is 1. The van der Waals surface area contributed by atoms with E-state index in [4.69, 9.17) is 14.5 Å². The number of hydrogen-bond donors (Lipinski definition) is 2. The summed E-state index contributed by atoms with van der Waals surface area (Å²) in [5, 5.41) is 14.9. The van der Waals surface area contributed by atoms with Crippen LogP contribution < -0.4 is 14.9 Å². The zero-order valence-electron chi connectivity index (χ0n) is 18.5. The first-order valence-electron chi connectivity index (χ1n) is 10.3. The molecule has 0 bridgehead atoms. The van der Waals surface area contributed by atoms with E-state index in [9.17, 15) is 9.90 Å². The molecule has 0 aliphatic rings. The Kier molecular flexibility index (Phi) is 6.22. The largest absolute Gasteiger partial charge is 0.502 e. The minimum absolute atomic E-state index is 0.104. The van der Waals surface area contributed by atoms with E-state index in [0.717, 1.165) is 22.0 Å². The fourth-order valence-electron chi connectivity index (χ4n) is 3.58. The number of carbonyl (C=O) groups is 1. The van der Waals surface area contributed by atoms with Crippen LogP contribution in [0.5, 0.6) is 17.2 Å². The van der Waals surface area contributed by atoms with Crippen LogP contribution in [0.4, 0.5) is 0 Å². The Morgan fingerprint density at radius 3 is 2.36 bits per heavy atom. The molecule has 0 unspecified atom stereocenters. The Morgan fingerprint density at radius 2 is 1.67 bits per heavy atom. The van der Waals surface area contributed by atoms with Crippen molar-refractivity contribution in [3.63, 3.8) is 0 Å². The van der Waals surface area contributed by atoms with E-state index >= 15 is 0 Å². The highest BCUT2D eigenvalue weighted by atomic mass is 16.5. The van der Waals surface area contributed by atoms with Gasteiger partial charge in [-0.15, -0.1) is 0 Å². The molecule has 0 atom stereocenters. The molecule has 7 heteroatoms. The lowest BCUT2D eigenvalue weighted by Crippen LogP contribution is -2.18. The molecule has 4 rings (SSSR count). The van der Waals surface area contributed by atoms with Gasteiger partial charge in [0.2, 0.25) is 5.75 Å². The molecule has 0 saturated carbocycles. The van der Waals surface area contributed by atoms with Crippen molar-refractivity contribution in [3.8, 4) is 28.5 Å². The molecule has 0 saturated heterocycles. The number of aromatic hydroxyl groups is 1. The summed E-state index contributed by atoms with van der Waals surface area (Å²) in [6.07, 6.45) is 1.45. The number of nitrogens with zero attached hydrogens (tertiary/aromatic N) is 2. The molecule has 7 nitrogen and oxygen atoms in total. The summed E-state index contributed by atoms with van der Waals surface area (Å²) < 4.78 is 10.3. The van der Waals surface area contributed by atoms with Crippen LogP contribution in [-0.2, 0) is 0 Å². The van der Waals surface area contributed by atoms with Gasteiger partial charge in [-0.1, -0.05) is 42.5 Å². The maximum atomic E-state index is 13.1. The molecule has 1 amide bonds. The predicted octanol–water partition coefficient (Wildman–Crippen LogP) is 4.70. The number of nitrogens with one attached hydrogen (secondary N) is 1. The molecule has 0 fully saturated rings. The number of methoxy groups -OCH3 is 2. The Balaban J connectivity index is 1.67. The van der Waals surface area contributed by atoms with Crippen molar-refractivity contribution >= 4 is 23.0 Å². The molecule has 3 aromatic carbocycles. The van der Waals surface area contributed by atoms with E-state index in [1.807, 2.05) is 55.5 Å². The fraction of sp³-hybridized carbons (Fsp3) is 0.115. The van der Waals surface area contributed by atoms with E-state index in [-0.39, 0.29) is 23.2 Å². The van der Waals surface area contributed by atoms with Crippen LogP contribution in [0.25, 0.3) is 22.2 Å². The van der Waals surface area contributed by atoms with Gasteiger partial charge in [0.1, 0.15) is 0 Å². The van der Waals surface area contributed by atoms with Crippen LogP contribution in [0.15, 0.2) is 71.8 Å². The number of benzene rings is 3. The predicted molar refractivity (Wildman–Crippen MR) is 128 cm³/mol. The molecule has 4 aromatic rings. The standard InChI is InChI=1S/C26H23N3O4/c1-16-8-4-5-9-18(16)22-14-20(19-10-6-7-11-21(19)28-22)26(31)29-27-15-17-12-23(32-2)25(30)24(13-17)33-3/h4-15,30H,1-3H3,(H,29,31)/b27-15+. The second kappa shape index (κ2) is 9.40. The van der Waals surface area contributed by atoms with Crippen LogP contribution in [0.2, 0.25) is 0 Å². The SMILES string of the molecule is COc1cc(/C=N/NC(=O)c2cc(-c3ccccc3C)nc3ccccc23)cc(OC)c1O. The maximum absolute atomic E-state index is 13.1. The van der Waals surface area contributed by atoms with E-state index in [0.29, 0.717) is 16.8 Å². The van der Waals surface area contributed by atoms with Gasteiger partial charge in [0.25, 0.3) is 5.91 Å². The first-order chi connectivity index (χ1) is 16.0. The van der Waals surface area contributed by atoms with Crippen molar-refractivity contribution in [1.82, 2.24) is 10.4 Å². The molecule has 166 valence electrons. The second-order valence-corrected chi connectivity index (χ2v) is 7.36. The summed E-state index contributed by atoms with van der Waals surface area (Å²) in [7, 11) is 2.88. The molecule has 1 heterocycles. The highest BCUT2D eigenvalue weighted by molar-refractivity contribution is 6.07.